The van der Waals surface area contributed by atoms with E-state index in [1.165, 1.54) is 20.5 Å². The number of rotatable bonds is 4. The van der Waals surface area contributed by atoms with Crippen molar-refractivity contribution in [1.82, 2.24) is 10.5 Å². The molecule has 104 valence electrons. The molecule has 1 unspecified atom stereocenters. The van der Waals surface area contributed by atoms with Crippen LogP contribution in [0.1, 0.15) is 34.9 Å². The van der Waals surface area contributed by atoms with E-state index in [2.05, 4.69) is 48.6 Å². The van der Waals surface area contributed by atoms with Gasteiger partial charge in [-0.25, -0.2) is 0 Å². The summed E-state index contributed by atoms with van der Waals surface area (Å²) >= 11 is 1.87. The first-order valence-electron chi connectivity index (χ1n) is 6.79. The van der Waals surface area contributed by atoms with Crippen LogP contribution in [0.15, 0.2) is 34.9 Å². The van der Waals surface area contributed by atoms with Gasteiger partial charge in [0.2, 0.25) is 0 Å². The van der Waals surface area contributed by atoms with Crippen molar-refractivity contribution < 1.29 is 4.52 Å². The molecule has 0 spiro atoms. The van der Waals surface area contributed by atoms with Gasteiger partial charge in [-0.1, -0.05) is 23.4 Å². The Bertz CT molecular complexity index is 729. The summed E-state index contributed by atoms with van der Waals surface area (Å²) in [7, 11) is 0. The number of aryl methyl sites for hydroxylation is 2. The maximum atomic E-state index is 5.09. The minimum absolute atomic E-state index is 0.310. The molecule has 0 aliphatic rings. The molecule has 3 rings (SSSR count). The van der Waals surface area contributed by atoms with Crippen molar-refractivity contribution in [2.45, 2.75) is 33.4 Å². The number of hydrogen-bond donors (Lipinski definition) is 1. The normalized spacial score (nSPS) is 12.9. The number of nitrogens with one attached hydrogen (secondary N) is 1. The minimum Gasteiger partial charge on any atom is -0.361 e. The zero-order chi connectivity index (χ0) is 14.1. The van der Waals surface area contributed by atoms with Gasteiger partial charge >= 0.3 is 0 Å². The molecule has 1 atom stereocenters. The molecular weight excluding hydrogens is 268 g/mol. The van der Waals surface area contributed by atoms with Gasteiger partial charge in [0.15, 0.2) is 0 Å². The maximum Gasteiger partial charge on any atom is 0.133 e. The lowest BCUT2D eigenvalue weighted by atomic mass is 10.1. The smallest absolute Gasteiger partial charge is 0.133 e. The summed E-state index contributed by atoms with van der Waals surface area (Å²) in [5, 5.41) is 8.89. The number of fused-ring (bicyclic) bond motifs is 1. The Morgan fingerprint density at radius 1 is 1.30 bits per heavy atom. The first kappa shape index (κ1) is 13.3. The molecule has 0 fully saturated rings. The van der Waals surface area contributed by atoms with Crippen molar-refractivity contribution in [2.75, 3.05) is 0 Å². The molecule has 0 bridgehead atoms. The van der Waals surface area contributed by atoms with Crippen LogP contribution in [0.5, 0.6) is 0 Å². The summed E-state index contributed by atoms with van der Waals surface area (Å²) in [6.45, 7) is 7.04. The summed E-state index contributed by atoms with van der Waals surface area (Å²) < 4.78 is 6.44. The fourth-order valence-corrected chi connectivity index (χ4v) is 3.70. The molecule has 1 aromatic carbocycles. The fraction of sp³-hybridized carbons (Fsp3) is 0.312. The van der Waals surface area contributed by atoms with Crippen LogP contribution in [-0.4, -0.2) is 5.16 Å². The molecule has 0 saturated carbocycles. The number of thiophene rings is 1. The Labute approximate surface area is 122 Å². The van der Waals surface area contributed by atoms with Gasteiger partial charge in [0.1, 0.15) is 5.76 Å². The van der Waals surface area contributed by atoms with Gasteiger partial charge in [-0.05, 0) is 37.8 Å². The second kappa shape index (κ2) is 5.38. The zero-order valence-corrected chi connectivity index (χ0v) is 12.8. The van der Waals surface area contributed by atoms with Gasteiger partial charge in [0, 0.05) is 28.2 Å². The van der Waals surface area contributed by atoms with Crippen LogP contribution in [-0.2, 0) is 6.54 Å². The molecule has 0 amide bonds. The molecular formula is C16H18N2OS. The highest BCUT2D eigenvalue weighted by Crippen LogP contribution is 2.34. The van der Waals surface area contributed by atoms with Crippen molar-refractivity contribution in [1.29, 1.82) is 0 Å². The average Bonchev–Trinajstić information content (AvgIpc) is 3.01. The quantitative estimate of drug-likeness (QED) is 0.774. The Kier molecular flexibility index (Phi) is 3.59. The fourth-order valence-electron chi connectivity index (χ4n) is 2.46. The van der Waals surface area contributed by atoms with Crippen LogP contribution < -0.4 is 5.32 Å². The third kappa shape index (κ3) is 2.49. The SMILES string of the molecule is Cc1cc(CNC(C)c2sc3ccccc3c2C)no1. The molecule has 1 N–H and O–H groups in total. The predicted molar refractivity (Wildman–Crippen MR) is 83.1 cm³/mol. The van der Waals surface area contributed by atoms with Crippen molar-refractivity contribution in [3.05, 3.63) is 52.2 Å². The summed E-state index contributed by atoms with van der Waals surface area (Å²) in [5.41, 5.74) is 2.33. The van der Waals surface area contributed by atoms with Crippen LogP contribution in [0.4, 0.5) is 0 Å². The predicted octanol–water partition coefficient (Wildman–Crippen LogP) is 4.36. The van der Waals surface area contributed by atoms with Crippen LogP contribution >= 0.6 is 11.3 Å². The lowest BCUT2D eigenvalue weighted by Crippen LogP contribution is -2.17. The highest BCUT2D eigenvalue weighted by atomic mass is 32.1. The Morgan fingerprint density at radius 3 is 2.80 bits per heavy atom. The van der Waals surface area contributed by atoms with Crippen LogP contribution in [0.3, 0.4) is 0 Å². The van der Waals surface area contributed by atoms with Gasteiger partial charge in [-0.15, -0.1) is 11.3 Å². The maximum absolute atomic E-state index is 5.09. The van der Waals surface area contributed by atoms with Gasteiger partial charge < -0.3 is 9.84 Å². The Morgan fingerprint density at radius 2 is 2.10 bits per heavy atom. The molecule has 0 aliphatic carbocycles. The third-order valence-electron chi connectivity index (χ3n) is 3.54. The van der Waals surface area contributed by atoms with Gasteiger partial charge in [0.25, 0.3) is 0 Å². The number of nitrogens with zero attached hydrogens (tertiary/aromatic N) is 1. The Balaban J connectivity index is 1.78. The highest BCUT2D eigenvalue weighted by molar-refractivity contribution is 7.19. The molecule has 0 radical (unpaired) electrons. The van der Waals surface area contributed by atoms with Crippen LogP contribution in [0, 0.1) is 13.8 Å². The largest absolute Gasteiger partial charge is 0.361 e. The standard InChI is InChI=1S/C16H18N2OS/c1-10-8-13(18-19-10)9-17-12(3)16-11(2)14-6-4-5-7-15(14)20-16/h4-8,12,17H,9H2,1-3H3. The van der Waals surface area contributed by atoms with Gasteiger partial charge in [-0.3, -0.25) is 0 Å². The molecule has 20 heavy (non-hydrogen) atoms. The monoisotopic (exact) mass is 286 g/mol. The van der Waals surface area contributed by atoms with E-state index in [-0.39, 0.29) is 0 Å². The summed E-state index contributed by atoms with van der Waals surface area (Å²) in [4.78, 5) is 1.39. The molecule has 0 aliphatic heterocycles. The van der Waals surface area contributed by atoms with E-state index in [1.807, 2.05) is 24.3 Å². The Hall–Kier alpha value is -1.65. The molecule has 0 saturated heterocycles. The van der Waals surface area contributed by atoms with Crippen molar-refractivity contribution in [3.63, 3.8) is 0 Å². The number of hydrogen-bond acceptors (Lipinski definition) is 4. The van der Waals surface area contributed by atoms with Gasteiger partial charge in [0.05, 0.1) is 5.69 Å². The second-order valence-electron chi connectivity index (χ2n) is 5.12. The van der Waals surface area contributed by atoms with Crippen LogP contribution in [0.2, 0.25) is 0 Å². The second-order valence-corrected chi connectivity index (χ2v) is 6.20. The van der Waals surface area contributed by atoms with E-state index in [0.29, 0.717) is 6.04 Å². The minimum atomic E-state index is 0.310. The average molecular weight is 286 g/mol. The van der Waals surface area contributed by atoms with Gasteiger partial charge in [-0.2, -0.15) is 0 Å². The van der Waals surface area contributed by atoms with Crippen LogP contribution in [0.25, 0.3) is 10.1 Å². The third-order valence-corrected chi connectivity index (χ3v) is 5.00. The first-order chi connectivity index (χ1) is 9.65. The summed E-state index contributed by atoms with van der Waals surface area (Å²) in [5.74, 6) is 0.854. The zero-order valence-electron chi connectivity index (χ0n) is 11.9. The van der Waals surface area contributed by atoms with Crippen molar-refractivity contribution in [3.8, 4) is 0 Å². The van der Waals surface area contributed by atoms with E-state index in [0.717, 1.165) is 18.0 Å². The highest BCUT2D eigenvalue weighted by Gasteiger charge is 2.14. The molecule has 3 nitrogen and oxygen atoms in total. The number of benzene rings is 1. The topological polar surface area (TPSA) is 38.1 Å². The van der Waals surface area contributed by atoms with Crippen molar-refractivity contribution >= 4 is 21.4 Å². The van der Waals surface area contributed by atoms with E-state index in [9.17, 15) is 0 Å². The van der Waals surface area contributed by atoms with E-state index >= 15 is 0 Å². The lowest BCUT2D eigenvalue weighted by molar-refractivity contribution is 0.386. The molecule has 2 heterocycles. The number of aromatic nitrogens is 1. The van der Waals surface area contributed by atoms with E-state index in [4.69, 9.17) is 4.52 Å². The molecule has 2 aromatic heterocycles. The van der Waals surface area contributed by atoms with E-state index in [1.54, 1.807) is 0 Å². The molecule has 4 heteroatoms. The summed E-state index contributed by atoms with van der Waals surface area (Å²) in [6, 6.07) is 10.9. The van der Waals surface area contributed by atoms with Crippen molar-refractivity contribution in [2.24, 2.45) is 0 Å². The summed E-state index contributed by atoms with van der Waals surface area (Å²) in [6.07, 6.45) is 0. The first-order valence-corrected chi connectivity index (χ1v) is 7.60. The lowest BCUT2D eigenvalue weighted by Gasteiger charge is -2.12. The molecule has 3 aromatic rings. The van der Waals surface area contributed by atoms with E-state index < -0.39 is 0 Å².